The highest BCUT2D eigenvalue weighted by atomic mass is 35.5. The molecule has 0 bridgehead atoms. The molecule has 0 fully saturated rings. The molecule has 0 aliphatic carbocycles. The molecule has 1 aromatic heterocycles. The molecule has 5 N–H and O–H groups in total. The minimum Gasteiger partial charge on any atom is -0.382 e. The fourth-order valence-corrected chi connectivity index (χ4v) is 0.723. The maximum Gasteiger partial charge on any atom is 0.148 e. The van der Waals surface area contributed by atoms with Gasteiger partial charge in [-0.3, -0.25) is 5.84 Å². The van der Waals surface area contributed by atoms with Gasteiger partial charge in [0.2, 0.25) is 0 Å². The Morgan fingerprint density at radius 3 is 2.80 bits per heavy atom. The lowest BCUT2D eigenvalue weighted by atomic mass is 10.4. The van der Waals surface area contributed by atoms with Crippen LogP contribution in [-0.4, -0.2) is 4.98 Å². The Morgan fingerprint density at radius 2 is 2.30 bits per heavy atom. The van der Waals surface area contributed by atoms with Crippen molar-refractivity contribution in [2.45, 2.75) is 0 Å². The summed E-state index contributed by atoms with van der Waals surface area (Å²) in [6.45, 7) is 0. The van der Waals surface area contributed by atoms with Crippen LogP contribution >= 0.6 is 11.6 Å². The third-order valence-corrected chi connectivity index (χ3v) is 1.25. The summed E-state index contributed by atoms with van der Waals surface area (Å²) in [5.41, 5.74) is 8.29. The molecule has 5 heteroatoms. The van der Waals surface area contributed by atoms with E-state index in [0.29, 0.717) is 16.5 Å². The molecule has 0 aliphatic heterocycles. The second kappa shape index (κ2) is 2.72. The van der Waals surface area contributed by atoms with E-state index in [9.17, 15) is 0 Å². The van der Waals surface area contributed by atoms with Crippen LogP contribution in [-0.2, 0) is 0 Å². The highest BCUT2D eigenvalue weighted by Crippen LogP contribution is 2.18. The van der Waals surface area contributed by atoms with E-state index < -0.39 is 0 Å². The van der Waals surface area contributed by atoms with E-state index >= 15 is 0 Å². The van der Waals surface area contributed by atoms with Gasteiger partial charge in [-0.05, 0) is 6.07 Å². The van der Waals surface area contributed by atoms with Crippen LogP contribution in [0.15, 0.2) is 12.3 Å². The summed E-state index contributed by atoms with van der Waals surface area (Å²) in [6.07, 6.45) is 1.46. The molecule has 0 radical (unpaired) electrons. The zero-order valence-corrected chi connectivity index (χ0v) is 5.89. The first-order chi connectivity index (χ1) is 4.74. The van der Waals surface area contributed by atoms with Gasteiger partial charge in [-0.25, -0.2) is 4.98 Å². The van der Waals surface area contributed by atoms with Gasteiger partial charge in [0.05, 0.1) is 10.7 Å². The maximum absolute atomic E-state index is 5.58. The van der Waals surface area contributed by atoms with E-state index in [1.54, 1.807) is 6.07 Å². The monoisotopic (exact) mass is 158 g/mol. The second-order valence-corrected chi connectivity index (χ2v) is 2.17. The fraction of sp³-hybridized carbons (Fsp3) is 0. The van der Waals surface area contributed by atoms with Crippen molar-refractivity contribution in [3.63, 3.8) is 0 Å². The summed E-state index contributed by atoms with van der Waals surface area (Å²) in [6, 6.07) is 1.60. The van der Waals surface area contributed by atoms with Gasteiger partial charge in [0.25, 0.3) is 0 Å². The SMILES string of the molecule is NNc1cc(Cl)cnc1N. The number of nitrogen functional groups attached to an aromatic ring is 2. The lowest BCUT2D eigenvalue weighted by Gasteiger charge is -2.01. The molecular weight excluding hydrogens is 152 g/mol. The molecule has 4 nitrogen and oxygen atoms in total. The van der Waals surface area contributed by atoms with E-state index in [4.69, 9.17) is 23.2 Å². The lowest BCUT2D eigenvalue weighted by molar-refractivity contribution is 1.28. The third-order valence-electron chi connectivity index (χ3n) is 1.04. The molecule has 0 aromatic carbocycles. The first-order valence-corrected chi connectivity index (χ1v) is 2.99. The van der Waals surface area contributed by atoms with Crippen LogP contribution in [0, 0.1) is 0 Å². The van der Waals surface area contributed by atoms with Crippen LogP contribution in [0.5, 0.6) is 0 Å². The molecular formula is C5H7ClN4. The van der Waals surface area contributed by atoms with Crippen LogP contribution in [0.25, 0.3) is 0 Å². The highest BCUT2D eigenvalue weighted by Gasteiger charge is 1.97. The van der Waals surface area contributed by atoms with E-state index in [1.165, 1.54) is 6.20 Å². The smallest absolute Gasteiger partial charge is 0.148 e. The predicted molar refractivity (Wildman–Crippen MR) is 41.5 cm³/mol. The number of nitrogens with zero attached hydrogens (tertiary/aromatic N) is 1. The van der Waals surface area contributed by atoms with Gasteiger partial charge >= 0.3 is 0 Å². The minimum atomic E-state index is 0.340. The highest BCUT2D eigenvalue weighted by molar-refractivity contribution is 6.30. The lowest BCUT2D eigenvalue weighted by Crippen LogP contribution is -2.09. The number of halogens is 1. The fourth-order valence-electron chi connectivity index (χ4n) is 0.565. The van der Waals surface area contributed by atoms with E-state index in [0.717, 1.165) is 0 Å². The zero-order chi connectivity index (χ0) is 7.56. The van der Waals surface area contributed by atoms with Gasteiger partial charge in [-0.1, -0.05) is 11.6 Å². The number of nitrogens with one attached hydrogen (secondary N) is 1. The standard InChI is InChI=1S/C5H7ClN4/c6-3-1-4(10-8)5(7)9-2-3/h1-2,10H,8H2,(H2,7,9). The molecule has 1 rings (SSSR count). The molecule has 0 amide bonds. The van der Waals surface area contributed by atoms with Crippen LogP contribution in [0.3, 0.4) is 0 Å². The molecule has 0 atom stereocenters. The molecule has 1 heterocycles. The van der Waals surface area contributed by atoms with Gasteiger partial charge in [-0.2, -0.15) is 0 Å². The zero-order valence-electron chi connectivity index (χ0n) is 5.13. The van der Waals surface area contributed by atoms with Crippen LogP contribution in [0.1, 0.15) is 0 Å². The van der Waals surface area contributed by atoms with E-state index in [2.05, 4.69) is 10.4 Å². The normalized spacial score (nSPS) is 9.40. The minimum absolute atomic E-state index is 0.340. The number of hydrogen-bond acceptors (Lipinski definition) is 4. The number of hydrogen-bond donors (Lipinski definition) is 3. The third kappa shape index (κ3) is 1.29. The summed E-state index contributed by atoms with van der Waals surface area (Å²) in [4.78, 5) is 3.75. The molecule has 0 aliphatic rings. The molecule has 0 saturated heterocycles. The van der Waals surface area contributed by atoms with Crippen molar-refractivity contribution >= 4 is 23.1 Å². The number of hydrazine groups is 1. The number of pyridine rings is 1. The summed E-state index contributed by atoms with van der Waals surface area (Å²) in [7, 11) is 0. The predicted octanol–water partition coefficient (Wildman–Crippen LogP) is 0.603. The number of rotatable bonds is 1. The van der Waals surface area contributed by atoms with E-state index in [1.807, 2.05) is 0 Å². The van der Waals surface area contributed by atoms with E-state index in [-0.39, 0.29) is 0 Å². The summed E-state index contributed by atoms with van der Waals surface area (Å²) < 4.78 is 0. The van der Waals surface area contributed by atoms with Crippen molar-refractivity contribution in [1.29, 1.82) is 0 Å². The Morgan fingerprint density at radius 1 is 1.60 bits per heavy atom. The Bertz CT molecular complexity index is 237. The van der Waals surface area contributed by atoms with Crippen LogP contribution in [0.2, 0.25) is 5.02 Å². The van der Waals surface area contributed by atoms with Crippen LogP contribution < -0.4 is 17.0 Å². The molecule has 1 aromatic rings. The van der Waals surface area contributed by atoms with Gasteiger partial charge < -0.3 is 11.2 Å². The van der Waals surface area contributed by atoms with Crippen molar-refractivity contribution < 1.29 is 0 Å². The molecule has 0 saturated carbocycles. The Hall–Kier alpha value is -1.00. The topological polar surface area (TPSA) is 77.0 Å². The first kappa shape index (κ1) is 7.11. The number of nitrogens with two attached hydrogens (primary N) is 2. The van der Waals surface area contributed by atoms with Gasteiger partial charge in [-0.15, -0.1) is 0 Å². The van der Waals surface area contributed by atoms with Gasteiger partial charge in [0.1, 0.15) is 5.82 Å². The molecule has 10 heavy (non-hydrogen) atoms. The number of aromatic nitrogens is 1. The second-order valence-electron chi connectivity index (χ2n) is 1.73. The Balaban J connectivity index is 3.09. The van der Waals surface area contributed by atoms with Crippen molar-refractivity contribution in [1.82, 2.24) is 4.98 Å². The van der Waals surface area contributed by atoms with Crippen molar-refractivity contribution in [3.8, 4) is 0 Å². The quantitative estimate of drug-likeness (QED) is 0.413. The average molecular weight is 159 g/mol. The molecule has 0 unspecified atom stereocenters. The molecule has 54 valence electrons. The summed E-state index contributed by atoms with van der Waals surface area (Å²) >= 11 is 5.58. The van der Waals surface area contributed by atoms with Gasteiger partial charge in [0, 0.05) is 6.20 Å². The van der Waals surface area contributed by atoms with Crippen molar-refractivity contribution in [2.75, 3.05) is 11.2 Å². The largest absolute Gasteiger partial charge is 0.382 e. The molecule has 0 spiro atoms. The van der Waals surface area contributed by atoms with Crippen molar-refractivity contribution in [3.05, 3.63) is 17.3 Å². The maximum atomic E-state index is 5.58. The Kier molecular flexibility index (Phi) is 1.94. The Labute approximate surface area is 63.2 Å². The summed E-state index contributed by atoms with van der Waals surface area (Å²) in [5.74, 6) is 5.43. The summed E-state index contributed by atoms with van der Waals surface area (Å²) in [5, 5.41) is 0.502. The first-order valence-electron chi connectivity index (χ1n) is 2.61. The van der Waals surface area contributed by atoms with Gasteiger partial charge in [0.15, 0.2) is 0 Å². The number of anilines is 2. The van der Waals surface area contributed by atoms with Crippen molar-refractivity contribution in [2.24, 2.45) is 5.84 Å². The van der Waals surface area contributed by atoms with Crippen LogP contribution in [0.4, 0.5) is 11.5 Å². The average Bonchev–Trinajstić information content (AvgIpc) is 1.94.